The van der Waals surface area contributed by atoms with E-state index in [1.54, 1.807) is 28.3 Å². The second kappa shape index (κ2) is 10.2. The number of hydrogen-bond acceptors (Lipinski definition) is 2. The molecule has 4 nitrogen and oxygen atoms in total. The van der Waals surface area contributed by atoms with Gasteiger partial charge in [0.05, 0.1) is 0 Å². The molecule has 5 heteroatoms. The van der Waals surface area contributed by atoms with Crippen molar-refractivity contribution >= 4 is 18.8 Å². The maximum atomic E-state index is 10.1. The summed E-state index contributed by atoms with van der Waals surface area (Å²) in [5.74, 6) is 0.0926. The predicted molar refractivity (Wildman–Crippen MR) is 81.7 cm³/mol. The fraction of sp³-hybridized carbons (Fsp3) is 0.429. The van der Waals surface area contributed by atoms with Gasteiger partial charge in [0, 0.05) is 21.0 Å². The first-order valence-corrected chi connectivity index (χ1v) is 6.13. The van der Waals surface area contributed by atoms with Crippen LogP contribution in [0.25, 0.3) is 0 Å². The molecule has 19 heavy (non-hydrogen) atoms. The van der Waals surface area contributed by atoms with Crippen molar-refractivity contribution in [2.75, 3.05) is 21.1 Å². The molecule has 0 unspecified atom stereocenters. The minimum atomic E-state index is 0.0926. The second-order valence-corrected chi connectivity index (χ2v) is 4.31. The van der Waals surface area contributed by atoms with Gasteiger partial charge in [0.15, 0.2) is 0 Å². The van der Waals surface area contributed by atoms with Gasteiger partial charge in [-0.2, -0.15) is 0 Å². The van der Waals surface area contributed by atoms with Gasteiger partial charge in [0.1, 0.15) is 0 Å². The summed E-state index contributed by atoms with van der Waals surface area (Å²) >= 11 is 0. The van der Waals surface area contributed by atoms with Crippen molar-refractivity contribution in [1.29, 1.82) is 0 Å². The molecular weight excluding hydrogens is 237 g/mol. The van der Waals surface area contributed by atoms with Crippen molar-refractivity contribution in [3.05, 3.63) is 35.9 Å². The molecule has 0 N–H and O–H groups in total. The van der Waals surface area contributed by atoms with E-state index in [0.717, 1.165) is 12.1 Å². The van der Waals surface area contributed by atoms with Crippen LogP contribution < -0.4 is 0 Å². The molecule has 0 aromatic heterocycles. The molecule has 0 fully saturated rings. The minimum absolute atomic E-state index is 0.0926. The van der Waals surface area contributed by atoms with Gasteiger partial charge in [-0.15, -0.1) is 0 Å². The molecule has 0 saturated heterocycles. The van der Waals surface area contributed by atoms with Gasteiger partial charge in [0.25, 0.3) is 0 Å². The van der Waals surface area contributed by atoms with Crippen LogP contribution in [-0.4, -0.2) is 44.9 Å². The Morgan fingerprint density at radius 2 is 1.74 bits per heavy atom. The third-order valence-electron chi connectivity index (χ3n) is 2.33. The molecular formula is C14H22BN3O. The molecule has 0 bridgehead atoms. The van der Waals surface area contributed by atoms with Gasteiger partial charge in [-0.25, -0.2) is 0 Å². The van der Waals surface area contributed by atoms with Crippen LogP contribution >= 0.6 is 0 Å². The topological polar surface area (TPSA) is 45.0 Å². The van der Waals surface area contributed by atoms with Gasteiger partial charge < -0.3 is 4.90 Å². The summed E-state index contributed by atoms with van der Waals surface area (Å²) in [5.41, 5.74) is 2.37. The second-order valence-electron chi connectivity index (χ2n) is 4.31. The van der Waals surface area contributed by atoms with Crippen LogP contribution in [0.1, 0.15) is 19.4 Å². The Hall–Kier alpha value is -1.78. The van der Waals surface area contributed by atoms with Crippen LogP contribution in [0.5, 0.6) is 0 Å². The Morgan fingerprint density at radius 1 is 1.21 bits per heavy atom. The third-order valence-corrected chi connectivity index (χ3v) is 2.33. The van der Waals surface area contributed by atoms with Crippen molar-refractivity contribution in [3.63, 3.8) is 0 Å². The Morgan fingerprint density at radius 3 is 2.16 bits per heavy atom. The summed E-state index contributed by atoms with van der Waals surface area (Å²) in [4.78, 5) is 19.6. The monoisotopic (exact) mass is 259 g/mol. The first-order valence-electron chi connectivity index (χ1n) is 6.13. The van der Waals surface area contributed by atoms with Crippen molar-refractivity contribution in [2.24, 2.45) is 9.80 Å². The van der Waals surface area contributed by atoms with E-state index in [9.17, 15) is 4.79 Å². The number of benzene rings is 1. The van der Waals surface area contributed by atoms with Crippen LogP contribution in [0, 0.1) is 0 Å². The van der Waals surface area contributed by atoms with Crippen molar-refractivity contribution in [1.82, 2.24) is 4.90 Å². The summed E-state index contributed by atoms with van der Waals surface area (Å²) in [6.45, 7) is 3.54. The number of nitrogens with zero attached hydrogens (tertiary/aromatic N) is 3. The molecule has 0 heterocycles. The normalized spacial score (nSPS) is 10.5. The van der Waals surface area contributed by atoms with Crippen LogP contribution in [-0.2, 0) is 11.2 Å². The Kier molecular flexibility index (Phi) is 9.23. The third kappa shape index (κ3) is 9.88. The summed E-state index contributed by atoms with van der Waals surface area (Å²) in [6.07, 6.45) is 0.896. The van der Waals surface area contributed by atoms with E-state index in [1.165, 1.54) is 17.4 Å². The van der Waals surface area contributed by atoms with Crippen LogP contribution in [0.2, 0.25) is 0 Å². The fourth-order valence-electron chi connectivity index (χ4n) is 1.09. The maximum absolute atomic E-state index is 10.1. The summed E-state index contributed by atoms with van der Waals surface area (Å²) in [5, 5.41) is 0. The van der Waals surface area contributed by atoms with Gasteiger partial charge in [-0.1, -0.05) is 0 Å². The molecule has 1 rings (SSSR count). The summed E-state index contributed by atoms with van der Waals surface area (Å²) in [7, 11) is 6.75. The number of hydrogen-bond donors (Lipinski definition) is 0. The van der Waals surface area contributed by atoms with E-state index < -0.39 is 0 Å². The molecule has 0 aliphatic heterocycles. The molecule has 1 amide bonds. The van der Waals surface area contributed by atoms with Crippen molar-refractivity contribution in [2.45, 2.75) is 20.3 Å². The van der Waals surface area contributed by atoms with Gasteiger partial charge in [0.2, 0.25) is 5.91 Å². The SMILES string of the molecule is CC(=O)N(C)C.CN=B/N=C(\C)Cc1ccccc1. The van der Waals surface area contributed by atoms with Crippen molar-refractivity contribution in [3.8, 4) is 0 Å². The Labute approximate surface area is 116 Å². The molecule has 1 aromatic rings. The first kappa shape index (κ1) is 17.2. The number of amides is 1. The molecule has 1 aromatic carbocycles. The predicted octanol–water partition coefficient (Wildman–Crippen LogP) is 2.22. The quantitative estimate of drug-likeness (QED) is 0.606. The first-order chi connectivity index (χ1) is 8.97. The van der Waals surface area contributed by atoms with Crippen LogP contribution in [0.3, 0.4) is 0 Å². The molecule has 0 aliphatic rings. The number of carbonyl (C=O) groups is 1. The number of carbonyl (C=O) groups excluding carboxylic acids is 1. The zero-order chi connectivity index (χ0) is 14.7. The molecule has 0 atom stereocenters. The van der Waals surface area contributed by atoms with Crippen molar-refractivity contribution < 1.29 is 4.79 Å². The van der Waals surface area contributed by atoms with E-state index in [1.807, 2.05) is 25.1 Å². The molecule has 102 valence electrons. The average molecular weight is 259 g/mol. The zero-order valence-electron chi connectivity index (χ0n) is 12.4. The van der Waals surface area contributed by atoms with E-state index in [4.69, 9.17) is 0 Å². The summed E-state index contributed by atoms with van der Waals surface area (Å²) in [6, 6.07) is 10.3. The molecule has 0 saturated carbocycles. The van der Waals surface area contributed by atoms with Crippen LogP contribution in [0.15, 0.2) is 40.1 Å². The van der Waals surface area contributed by atoms with Crippen LogP contribution in [0.4, 0.5) is 0 Å². The van der Waals surface area contributed by atoms with E-state index >= 15 is 0 Å². The molecule has 0 radical (unpaired) electrons. The van der Waals surface area contributed by atoms with Gasteiger partial charge in [-0.05, 0) is 0 Å². The Balaban J connectivity index is 0.000000459. The summed E-state index contributed by atoms with van der Waals surface area (Å²) < 4.78 is 0. The zero-order valence-corrected chi connectivity index (χ0v) is 12.4. The molecule has 0 spiro atoms. The van der Waals surface area contributed by atoms with Gasteiger partial charge >= 0.3 is 79.0 Å². The van der Waals surface area contributed by atoms with E-state index in [2.05, 4.69) is 21.9 Å². The standard InChI is InChI=1S/C10H13BN2.C4H9NO/c1-9(13-11-12-2)8-10-6-4-3-5-7-10;1-4(6)5(2)3/h3-7H,8H2,1-2H3;1-3H3/b13-9+;. The number of rotatable bonds is 3. The average Bonchev–Trinajstić information content (AvgIpc) is 2.38. The molecule has 0 aliphatic carbocycles. The van der Waals surface area contributed by atoms with E-state index in [0.29, 0.717) is 0 Å². The fourth-order valence-corrected chi connectivity index (χ4v) is 1.09. The van der Waals surface area contributed by atoms with E-state index in [-0.39, 0.29) is 5.91 Å². The van der Waals surface area contributed by atoms with Gasteiger partial charge in [-0.3, -0.25) is 4.79 Å². The Bertz CT molecular complexity index is 428.